The van der Waals surface area contributed by atoms with Gasteiger partial charge in [-0.2, -0.15) is 13.2 Å². The molecule has 3 rings (SSSR count). The highest BCUT2D eigenvalue weighted by molar-refractivity contribution is 5.85. The second kappa shape index (κ2) is 5.77. The van der Waals surface area contributed by atoms with Gasteiger partial charge in [-0.15, -0.1) is 0 Å². The highest BCUT2D eigenvalue weighted by Gasteiger charge is 2.36. The summed E-state index contributed by atoms with van der Waals surface area (Å²) < 4.78 is 52.7. The molecule has 0 aliphatic carbocycles. The number of rotatable bonds is 2. The molecule has 8 heteroatoms. The summed E-state index contributed by atoms with van der Waals surface area (Å²) in [5.41, 5.74) is 0.177. The molecule has 24 heavy (non-hydrogen) atoms. The summed E-state index contributed by atoms with van der Waals surface area (Å²) in [7, 11) is 0. The maximum atomic E-state index is 13.2. The number of aromatic carboxylic acids is 1. The minimum absolute atomic E-state index is 0.0973. The Kier molecular flexibility index (Phi) is 3.90. The minimum Gasteiger partial charge on any atom is -0.477 e. The Morgan fingerprint density at radius 3 is 2.62 bits per heavy atom. The van der Waals surface area contributed by atoms with E-state index in [-0.39, 0.29) is 24.5 Å². The van der Waals surface area contributed by atoms with Gasteiger partial charge in [-0.1, -0.05) is 0 Å². The largest absolute Gasteiger partial charge is 0.477 e. The number of alkyl halides is 3. The first-order chi connectivity index (χ1) is 11.3. The third-order valence-electron chi connectivity index (χ3n) is 3.92. The van der Waals surface area contributed by atoms with Crippen LogP contribution in [0.5, 0.6) is 0 Å². The summed E-state index contributed by atoms with van der Waals surface area (Å²) in [5.74, 6) is -2.10. The normalized spacial score (nSPS) is 14.4. The molecular formula is C16H12F4N2O2. The molecule has 1 aliphatic heterocycles. The Labute approximate surface area is 134 Å². The number of anilines is 1. The molecule has 1 N–H and O–H groups in total. The van der Waals surface area contributed by atoms with Crippen molar-refractivity contribution in [2.45, 2.75) is 19.1 Å². The second-order valence-corrected chi connectivity index (χ2v) is 5.47. The van der Waals surface area contributed by atoms with Crippen LogP contribution in [-0.2, 0) is 19.1 Å². The van der Waals surface area contributed by atoms with Gasteiger partial charge in [-0.3, -0.25) is 0 Å². The number of carboxylic acids is 1. The number of carboxylic acid groups (broad SMARTS) is 1. The molecule has 4 nitrogen and oxygen atoms in total. The Balaban J connectivity index is 1.95. The Morgan fingerprint density at radius 1 is 1.21 bits per heavy atom. The number of benzene rings is 1. The lowest BCUT2D eigenvalue weighted by Crippen LogP contribution is -2.32. The summed E-state index contributed by atoms with van der Waals surface area (Å²) in [5, 5.41) is 8.93. The molecule has 0 radical (unpaired) electrons. The number of fused-ring (bicyclic) bond motifs is 1. The van der Waals surface area contributed by atoms with Crippen molar-refractivity contribution in [1.29, 1.82) is 0 Å². The van der Waals surface area contributed by atoms with Crippen molar-refractivity contribution >= 4 is 11.7 Å². The molecule has 0 unspecified atom stereocenters. The number of hydrogen-bond donors (Lipinski definition) is 1. The van der Waals surface area contributed by atoms with Gasteiger partial charge < -0.3 is 10.0 Å². The fourth-order valence-electron chi connectivity index (χ4n) is 2.77. The van der Waals surface area contributed by atoms with E-state index in [4.69, 9.17) is 5.11 Å². The van der Waals surface area contributed by atoms with E-state index in [1.807, 2.05) is 0 Å². The van der Waals surface area contributed by atoms with Crippen molar-refractivity contribution in [3.05, 3.63) is 58.7 Å². The molecule has 0 atom stereocenters. The highest BCUT2D eigenvalue weighted by Crippen LogP contribution is 2.38. The first kappa shape index (κ1) is 16.2. The molecule has 0 fully saturated rings. The van der Waals surface area contributed by atoms with Gasteiger partial charge in [0.15, 0.2) is 0 Å². The zero-order valence-electron chi connectivity index (χ0n) is 12.3. The van der Waals surface area contributed by atoms with E-state index in [1.165, 1.54) is 17.2 Å². The molecule has 2 aromatic rings. The predicted octanol–water partition coefficient (Wildman–Crippen LogP) is 3.50. The van der Waals surface area contributed by atoms with E-state index in [0.717, 1.165) is 17.7 Å². The predicted molar refractivity (Wildman–Crippen MR) is 77.4 cm³/mol. The molecule has 1 aromatic carbocycles. The van der Waals surface area contributed by atoms with Crippen LogP contribution in [0.1, 0.15) is 27.2 Å². The number of aromatic nitrogens is 1. The van der Waals surface area contributed by atoms with Crippen LogP contribution in [0.15, 0.2) is 30.5 Å². The average Bonchev–Trinajstić information content (AvgIpc) is 2.53. The molecule has 1 aromatic heterocycles. The average molecular weight is 340 g/mol. The van der Waals surface area contributed by atoms with Crippen LogP contribution < -0.4 is 4.90 Å². The van der Waals surface area contributed by atoms with Crippen molar-refractivity contribution < 1.29 is 27.5 Å². The lowest BCUT2D eigenvalue weighted by molar-refractivity contribution is -0.137. The zero-order valence-corrected chi connectivity index (χ0v) is 12.3. The Hall–Kier alpha value is -2.64. The highest BCUT2D eigenvalue weighted by atomic mass is 19.4. The maximum Gasteiger partial charge on any atom is 0.418 e. The summed E-state index contributed by atoms with van der Waals surface area (Å²) in [6.07, 6.45) is -2.92. The van der Waals surface area contributed by atoms with Crippen molar-refractivity contribution in [3.8, 4) is 0 Å². The molecule has 0 amide bonds. The van der Waals surface area contributed by atoms with Crippen LogP contribution in [0.2, 0.25) is 0 Å². The number of pyridine rings is 1. The monoisotopic (exact) mass is 340 g/mol. The summed E-state index contributed by atoms with van der Waals surface area (Å²) in [4.78, 5) is 16.2. The van der Waals surface area contributed by atoms with Gasteiger partial charge in [-0.25, -0.2) is 14.2 Å². The number of carbonyl (C=O) groups is 1. The van der Waals surface area contributed by atoms with Crippen molar-refractivity contribution in [3.63, 3.8) is 0 Å². The molecule has 1 aliphatic rings. The number of nitrogens with zero attached hydrogens (tertiary/aromatic N) is 2. The van der Waals surface area contributed by atoms with Crippen LogP contribution in [0.25, 0.3) is 0 Å². The van der Waals surface area contributed by atoms with Gasteiger partial charge in [0.25, 0.3) is 0 Å². The summed E-state index contributed by atoms with van der Waals surface area (Å²) >= 11 is 0. The Morgan fingerprint density at radius 2 is 1.96 bits per heavy atom. The smallest absolute Gasteiger partial charge is 0.418 e. The lowest BCUT2D eigenvalue weighted by atomic mass is 9.99. The SMILES string of the molecule is O=C(O)c1cc2c(cn1)CN(c1ccc(F)cc1C(F)(F)F)CC2. The van der Waals surface area contributed by atoms with Gasteiger partial charge in [0, 0.05) is 25.0 Å². The third kappa shape index (κ3) is 3.04. The zero-order chi connectivity index (χ0) is 17.5. The second-order valence-electron chi connectivity index (χ2n) is 5.47. The topological polar surface area (TPSA) is 53.4 Å². The van der Waals surface area contributed by atoms with Crippen molar-refractivity contribution in [2.75, 3.05) is 11.4 Å². The van der Waals surface area contributed by atoms with Gasteiger partial charge in [0.05, 0.1) is 5.56 Å². The van der Waals surface area contributed by atoms with Crippen LogP contribution >= 0.6 is 0 Å². The molecule has 0 saturated carbocycles. The van der Waals surface area contributed by atoms with E-state index in [1.54, 1.807) is 0 Å². The van der Waals surface area contributed by atoms with Gasteiger partial charge in [0.1, 0.15) is 11.5 Å². The molecule has 0 spiro atoms. The van der Waals surface area contributed by atoms with Gasteiger partial charge in [-0.05, 0) is 41.8 Å². The first-order valence-electron chi connectivity index (χ1n) is 7.08. The molecule has 0 saturated heterocycles. The first-order valence-corrected chi connectivity index (χ1v) is 7.08. The van der Waals surface area contributed by atoms with Crippen LogP contribution in [0, 0.1) is 5.82 Å². The van der Waals surface area contributed by atoms with Crippen molar-refractivity contribution in [2.24, 2.45) is 0 Å². The minimum atomic E-state index is -4.66. The van der Waals surface area contributed by atoms with Gasteiger partial charge >= 0.3 is 12.1 Å². The quantitative estimate of drug-likeness (QED) is 0.850. The number of halogens is 4. The molecule has 2 heterocycles. The van der Waals surface area contributed by atoms with E-state index in [2.05, 4.69) is 4.98 Å². The maximum absolute atomic E-state index is 13.2. The Bertz CT molecular complexity index is 805. The molecule has 126 valence electrons. The van der Waals surface area contributed by atoms with Crippen LogP contribution in [0.3, 0.4) is 0 Å². The fourth-order valence-corrected chi connectivity index (χ4v) is 2.77. The van der Waals surface area contributed by atoms with E-state index >= 15 is 0 Å². The summed E-state index contributed by atoms with van der Waals surface area (Å²) in [6.45, 7) is 0.418. The number of hydrogen-bond acceptors (Lipinski definition) is 3. The molecule has 0 bridgehead atoms. The van der Waals surface area contributed by atoms with Crippen LogP contribution in [0.4, 0.5) is 23.2 Å². The van der Waals surface area contributed by atoms with E-state index in [9.17, 15) is 22.4 Å². The third-order valence-corrected chi connectivity index (χ3v) is 3.92. The standard InChI is InChI=1S/C16H12F4N2O2/c17-11-1-2-14(12(6-11)16(18,19)20)22-4-3-9-5-13(15(23)24)21-7-10(9)8-22/h1-2,5-7H,3-4,8H2,(H,23,24). The van der Waals surface area contributed by atoms with Crippen molar-refractivity contribution in [1.82, 2.24) is 4.98 Å². The van der Waals surface area contributed by atoms with E-state index < -0.39 is 23.5 Å². The fraction of sp³-hybridized carbons (Fsp3) is 0.250. The summed E-state index contributed by atoms with van der Waals surface area (Å²) in [6, 6.07) is 4.02. The lowest BCUT2D eigenvalue weighted by Gasteiger charge is -2.32. The molecular weight excluding hydrogens is 328 g/mol. The van der Waals surface area contributed by atoms with Gasteiger partial charge in [0.2, 0.25) is 0 Å². The van der Waals surface area contributed by atoms with E-state index in [0.29, 0.717) is 18.1 Å². The van der Waals surface area contributed by atoms with Crippen LogP contribution in [-0.4, -0.2) is 22.6 Å².